The summed E-state index contributed by atoms with van der Waals surface area (Å²) in [5.41, 5.74) is 6.20. The van der Waals surface area contributed by atoms with E-state index in [0.29, 0.717) is 24.0 Å². The maximum absolute atomic E-state index is 5.98. The van der Waals surface area contributed by atoms with Gasteiger partial charge in [0.2, 0.25) is 0 Å². The van der Waals surface area contributed by atoms with Crippen LogP contribution in [0.5, 0.6) is 0 Å². The summed E-state index contributed by atoms with van der Waals surface area (Å²) < 4.78 is 5.86. The zero-order valence-electron chi connectivity index (χ0n) is 13.6. The third kappa shape index (κ3) is 4.48. The third-order valence-corrected chi connectivity index (χ3v) is 4.42. The molecule has 0 heterocycles. The highest BCUT2D eigenvalue weighted by atomic mass is 127. The standard InChI is InChI=1S/C15H31N3O.HI/c1-6-15(7-2)12(9-13(15)19-8-3)18-14(16)17-10-11(4)5;/h11-13H,6-10H2,1-5H3,(H3,16,17,18);1H. The van der Waals surface area contributed by atoms with Crippen molar-refractivity contribution < 1.29 is 4.74 Å². The van der Waals surface area contributed by atoms with E-state index < -0.39 is 0 Å². The van der Waals surface area contributed by atoms with Crippen molar-refractivity contribution in [1.29, 1.82) is 0 Å². The van der Waals surface area contributed by atoms with E-state index in [1.54, 1.807) is 0 Å². The molecule has 2 unspecified atom stereocenters. The summed E-state index contributed by atoms with van der Waals surface area (Å²) in [6.07, 6.45) is 3.63. The molecule has 3 N–H and O–H groups in total. The summed E-state index contributed by atoms with van der Waals surface area (Å²) in [6.45, 7) is 12.4. The van der Waals surface area contributed by atoms with Gasteiger partial charge in [0, 0.05) is 24.6 Å². The van der Waals surface area contributed by atoms with Crippen molar-refractivity contribution in [2.45, 2.75) is 66.0 Å². The van der Waals surface area contributed by atoms with Crippen LogP contribution in [0.2, 0.25) is 0 Å². The van der Waals surface area contributed by atoms with Gasteiger partial charge in [0.15, 0.2) is 5.96 Å². The lowest BCUT2D eigenvalue weighted by Crippen LogP contribution is -2.65. The molecule has 0 bridgehead atoms. The largest absolute Gasteiger partial charge is 0.378 e. The Balaban J connectivity index is 0.00000361. The fraction of sp³-hybridized carbons (Fsp3) is 0.933. The summed E-state index contributed by atoms with van der Waals surface area (Å²) in [5.74, 6) is 1.12. The molecular weight excluding hydrogens is 365 g/mol. The average molecular weight is 397 g/mol. The molecule has 0 spiro atoms. The molecule has 1 saturated carbocycles. The third-order valence-electron chi connectivity index (χ3n) is 4.42. The first kappa shape index (κ1) is 20.0. The number of nitrogens with one attached hydrogen (secondary N) is 1. The number of halogens is 1. The van der Waals surface area contributed by atoms with Gasteiger partial charge in [-0.1, -0.05) is 27.7 Å². The molecule has 0 amide bonds. The van der Waals surface area contributed by atoms with Crippen LogP contribution in [-0.2, 0) is 4.74 Å². The van der Waals surface area contributed by atoms with Crippen molar-refractivity contribution in [1.82, 2.24) is 5.32 Å². The Labute approximate surface area is 141 Å². The second kappa shape index (κ2) is 9.07. The monoisotopic (exact) mass is 397 g/mol. The van der Waals surface area contributed by atoms with Crippen LogP contribution in [0.4, 0.5) is 0 Å². The van der Waals surface area contributed by atoms with Crippen LogP contribution >= 0.6 is 24.0 Å². The fourth-order valence-corrected chi connectivity index (χ4v) is 3.09. The van der Waals surface area contributed by atoms with Crippen molar-refractivity contribution in [2.75, 3.05) is 13.2 Å². The summed E-state index contributed by atoms with van der Waals surface area (Å²) in [5, 5.41) is 3.40. The first-order valence-electron chi connectivity index (χ1n) is 7.68. The van der Waals surface area contributed by atoms with Gasteiger partial charge < -0.3 is 15.8 Å². The number of nitrogens with zero attached hydrogens (tertiary/aromatic N) is 1. The predicted molar refractivity (Wildman–Crippen MR) is 96.7 cm³/mol. The maximum Gasteiger partial charge on any atom is 0.188 e. The summed E-state index contributed by atoms with van der Waals surface area (Å²) in [7, 11) is 0. The second-order valence-electron chi connectivity index (χ2n) is 5.94. The smallest absolute Gasteiger partial charge is 0.188 e. The normalized spacial score (nSPS) is 25.0. The zero-order valence-corrected chi connectivity index (χ0v) is 15.9. The molecule has 1 aliphatic rings. The molecule has 0 aromatic carbocycles. The average Bonchev–Trinajstić information content (AvgIpc) is 2.36. The van der Waals surface area contributed by atoms with E-state index in [1.807, 2.05) is 0 Å². The number of guanidine groups is 1. The van der Waals surface area contributed by atoms with Gasteiger partial charge in [-0.25, -0.2) is 0 Å². The van der Waals surface area contributed by atoms with Gasteiger partial charge in [0.1, 0.15) is 0 Å². The lowest BCUT2D eigenvalue weighted by molar-refractivity contribution is -0.133. The number of nitrogens with two attached hydrogens (primary N) is 1. The van der Waals surface area contributed by atoms with Gasteiger partial charge in [-0.15, -0.1) is 24.0 Å². The molecule has 2 atom stereocenters. The number of rotatable bonds is 7. The molecule has 0 aromatic rings. The minimum Gasteiger partial charge on any atom is -0.378 e. The van der Waals surface area contributed by atoms with Gasteiger partial charge >= 0.3 is 0 Å². The van der Waals surface area contributed by atoms with Crippen molar-refractivity contribution in [3.8, 4) is 0 Å². The Kier molecular flexibility index (Phi) is 9.06. The first-order valence-corrected chi connectivity index (χ1v) is 7.68. The minimum atomic E-state index is 0. The van der Waals surface area contributed by atoms with Gasteiger partial charge in [-0.05, 0) is 32.1 Å². The summed E-state index contributed by atoms with van der Waals surface area (Å²) in [4.78, 5) is 4.39. The molecule has 0 radical (unpaired) electrons. The van der Waals surface area contributed by atoms with E-state index in [2.05, 4.69) is 44.9 Å². The maximum atomic E-state index is 5.98. The molecule has 0 saturated heterocycles. The Bertz CT molecular complexity index is 303. The zero-order chi connectivity index (χ0) is 14.5. The van der Waals surface area contributed by atoms with E-state index in [9.17, 15) is 0 Å². The van der Waals surface area contributed by atoms with Crippen molar-refractivity contribution in [3.05, 3.63) is 0 Å². The molecule has 0 aromatic heterocycles. The van der Waals surface area contributed by atoms with E-state index in [-0.39, 0.29) is 29.4 Å². The Morgan fingerprint density at radius 3 is 2.40 bits per heavy atom. The van der Waals surface area contributed by atoms with Crippen LogP contribution in [-0.4, -0.2) is 31.3 Å². The van der Waals surface area contributed by atoms with Gasteiger partial charge in [-0.2, -0.15) is 0 Å². The first-order chi connectivity index (χ1) is 9.00. The molecule has 0 aliphatic heterocycles. The SMILES string of the molecule is CCOC1CC(NC(N)=NCC(C)C)C1(CC)CC.I. The minimum absolute atomic E-state index is 0. The van der Waals surface area contributed by atoms with E-state index >= 15 is 0 Å². The van der Waals surface area contributed by atoms with Crippen LogP contribution < -0.4 is 11.1 Å². The highest BCUT2D eigenvalue weighted by Crippen LogP contribution is 2.48. The second-order valence-corrected chi connectivity index (χ2v) is 5.94. The van der Waals surface area contributed by atoms with E-state index in [4.69, 9.17) is 10.5 Å². The highest BCUT2D eigenvalue weighted by molar-refractivity contribution is 14.0. The fourth-order valence-electron chi connectivity index (χ4n) is 3.09. The van der Waals surface area contributed by atoms with Crippen LogP contribution in [0.3, 0.4) is 0 Å². The molecule has 1 aliphatic carbocycles. The van der Waals surface area contributed by atoms with E-state index in [0.717, 1.165) is 32.4 Å². The quantitative estimate of drug-likeness (QED) is 0.394. The molecule has 4 nitrogen and oxygen atoms in total. The molecule has 5 heteroatoms. The topological polar surface area (TPSA) is 59.6 Å². The molecule has 1 rings (SSSR count). The number of aliphatic imine (C=N–C) groups is 1. The Morgan fingerprint density at radius 2 is 1.95 bits per heavy atom. The van der Waals surface area contributed by atoms with Gasteiger partial charge in [0.25, 0.3) is 0 Å². The molecule has 20 heavy (non-hydrogen) atoms. The summed E-state index contributed by atoms with van der Waals surface area (Å²) in [6, 6.07) is 0.398. The van der Waals surface area contributed by atoms with Crippen LogP contribution in [0.1, 0.15) is 53.9 Å². The van der Waals surface area contributed by atoms with Crippen LogP contribution in [0.15, 0.2) is 4.99 Å². The molecular formula is C15H32IN3O. The number of ether oxygens (including phenoxy) is 1. The number of hydrogen-bond donors (Lipinski definition) is 2. The Morgan fingerprint density at radius 1 is 1.35 bits per heavy atom. The highest BCUT2D eigenvalue weighted by Gasteiger charge is 2.53. The molecule has 120 valence electrons. The lowest BCUT2D eigenvalue weighted by Gasteiger charge is -2.55. The van der Waals surface area contributed by atoms with Gasteiger partial charge in [-0.3, -0.25) is 4.99 Å². The van der Waals surface area contributed by atoms with E-state index in [1.165, 1.54) is 0 Å². The molecule has 1 fully saturated rings. The predicted octanol–water partition coefficient (Wildman–Crippen LogP) is 3.15. The van der Waals surface area contributed by atoms with Crippen molar-refractivity contribution in [2.24, 2.45) is 22.1 Å². The lowest BCUT2D eigenvalue weighted by atomic mass is 9.58. The Hall–Kier alpha value is -0.0400. The van der Waals surface area contributed by atoms with Crippen LogP contribution in [0, 0.1) is 11.3 Å². The summed E-state index contributed by atoms with van der Waals surface area (Å²) >= 11 is 0. The van der Waals surface area contributed by atoms with Crippen LogP contribution in [0.25, 0.3) is 0 Å². The van der Waals surface area contributed by atoms with Crippen molar-refractivity contribution in [3.63, 3.8) is 0 Å². The van der Waals surface area contributed by atoms with Gasteiger partial charge in [0.05, 0.1) is 6.10 Å². The van der Waals surface area contributed by atoms with Crippen molar-refractivity contribution >= 4 is 29.9 Å². The number of hydrogen-bond acceptors (Lipinski definition) is 2.